The first kappa shape index (κ1) is 26.6. The zero-order valence-electron chi connectivity index (χ0n) is 23.2. The number of amides is 1. The number of halogens is 1. The predicted molar refractivity (Wildman–Crippen MR) is 160 cm³/mol. The molecule has 216 valence electrons. The molecule has 9 nitrogen and oxygen atoms in total. The van der Waals surface area contributed by atoms with Crippen LogP contribution < -0.4 is 15.8 Å². The minimum Gasteiger partial charge on any atom is -0.393 e. The van der Waals surface area contributed by atoms with Crippen molar-refractivity contribution >= 4 is 34.0 Å². The molecular weight excluding hydrogens is 535 g/mol. The maximum atomic E-state index is 15.6. The van der Waals surface area contributed by atoms with Crippen LogP contribution in [-0.2, 0) is 0 Å². The van der Waals surface area contributed by atoms with Crippen LogP contribution in [-0.4, -0.2) is 62.6 Å². The smallest absolute Gasteiger partial charge is 0.259 e. The molecule has 0 atom stereocenters. The lowest BCUT2D eigenvalue weighted by Crippen LogP contribution is -2.50. The Hall–Kier alpha value is -4.31. The molecule has 2 bridgehead atoms. The van der Waals surface area contributed by atoms with E-state index in [0.29, 0.717) is 39.6 Å². The van der Waals surface area contributed by atoms with Crippen LogP contribution in [0.1, 0.15) is 48.9 Å². The number of rotatable bonds is 5. The van der Waals surface area contributed by atoms with Crippen molar-refractivity contribution in [3.63, 3.8) is 0 Å². The lowest BCUT2D eigenvalue weighted by Gasteiger charge is -2.45. The van der Waals surface area contributed by atoms with E-state index in [1.54, 1.807) is 30.5 Å². The number of nitrogens with zero attached hydrogens (tertiary/aromatic N) is 4. The highest BCUT2D eigenvalue weighted by molar-refractivity contribution is 5.96. The predicted octanol–water partition coefficient (Wildman–Crippen LogP) is 4.84. The second-order valence-electron chi connectivity index (χ2n) is 11.7. The standard InChI is InChI=1S/C32H33FN6O3/c33-25-15-20(32(42)39-18-19-1-4-21(39)5-2-19)3-7-24(25)27-16-28(30-26(36-27)9-12-34-31(30)41)37-29-8-6-22(17-35-29)38-13-10-23(40)11-14-38/h3,6-9,12,15-17,19,21,23,40H,1-2,4-5,10-11,13-14,18H2,(H,34,41)(H,35,36,37). The number of aliphatic hydroxyl groups excluding tert-OH is 1. The summed E-state index contributed by atoms with van der Waals surface area (Å²) in [5.74, 6) is 0.406. The van der Waals surface area contributed by atoms with E-state index in [0.717, 1.165) is 63.8 Å². The quantitative estimate of drug-likeness (QED) is 0.316. The molecule has 3 N–H and O–H groups in total. The van der Waals surface area contributed by atoms with E-state index in [1.807, 2.05) is 17.0 Å². The van der Waals surface area contributed by atoms with Crippen molar-refractivity contribution < 1.29 is 14.3 Å². The fraction of sp³-hybridized carbons (Fsp3) is 0.375. The van der Waals surface area contributed by atoms with Gasteiger partial charge >= 0.3 is 0 Å². The molecular formula is C32H33FN6O3. The second-order valence-corrected chi connectivity index (χ2v) is 11.7. The molecule has 3 saturated heterocycles. The van der Waals surface area contributed by atoms with Crippen LogP contribution in [0.25, 0.3) is 22.2 Å². The number of aromatic amines is 1. The second kappa shape index (κ2) is 10.8. The van der Waals surface area contributed by atoms with E-state index in [-0.39, 0.29) is 29.2 Å². The topological polar surface area (TPSA) is 114 Å². The Kier molecular flexibility index (Phi) is 6.85. The number of pyridine rings is 3. The van der Waals surface area contributed by atoms with Crippen molar-refractivity contribution in [2.45, 2.75) is 50.7 Å². The summed E-state index contributed by atoms with van der Waals surface area (Å²) in [7, 11) is 0. The molecule has 8 rings (SSSR count). The number of aliphatic hydroxyl groups is 1. The van der Waals surface area contributed by atoms with Gasteiger partial charge in [-0.15, -0.1) is 0 Å². The van der Waals surface area contributed by atoms with Gasteiger partial charge in [0.15, 0.2) is 0 Å². The van der Waals surface area contributed by atoms with Crippen molar-refractivity contribution in [1.29, 1.82) is 0 Å². The normalized spacial score (nSPS) is 20.7. The number of anilines is 3. The summed E-state index contributed by atoms with van der Waals surface area (Å²) < 4.78 is 15.6. The average Bonchev–Trinajstić information content (AvgIpc) is 3.02. The summed E-state index contributed by atoms with van der Waals surface area (Å²) in [4.78, 5) is 42.0. The summed E-state index contributed by atoms with van der Waals surface area (Å²) >= 11 is 0. The number of hydrogen-bond acceptors (Lipinski definition) is 7. The van der Waals surface area contributed by atoms with E-state index in [9.17, 15) is 14.7 Å². The number of piperidine rings is 3. The van der Waals surface area contributed by atoms with Gasteiger partial charge in [-0.25, -0.2) is 14.4 Å². The van der Waals surface area contributed by atoms with Gasteiger partial charge in [-0.2, -0.15) is 0 Å². The van der Waals surface area contributed by atoms with Crippen LogP contribution in [0, 0.1) is 11.7 Å². The number of carbonyl (C=O) groups excluding carboxylic acids is 1. The van der Waals surface area contributed by atoms with Gasteiger partial charge < -0.3 is 25.2 Å². The number of benzene rings is 1. The van der Waals surface area contributed by atoms with Crippen molar-refractivity contribution in [2.75, 3.05) is 29.9 Å². The average molecular weight is 569 g/mol. The van der Waals surface area contributed by atoms with Crippen molar-refractivity contribution in [2.24, 2.45) is 5.92 Å². The molecule has 4 aromatic rings. The molecule has 0 spiro atoms. The first-order chi connectivity index (χ1) is 20.4. The summed E-state index contributed by atoms with van der Waals surface area (Å²) in [6, 6.07) is 11.9. The fourth-order valence-electron chi connectivity index (χ4n) is 6.67. The van der Waals surface area contributed by atoms with E-state index < -0.39 is 5.82 Å². The fourth-order valence-corrected chi connectivity index (χ4v) is 6.67. The van der Waals surface area contributed by atoms with E-state index in [1.165, 1.54) is 12.3 Å². The van der Waals surface area contributed by atoms with Crippen LogP contribution in [0.5, 0.6) is 0 Å². The zero-order chi connectivity index (χ0) is 28.8. The third-order valence-corrected chi connectivity index (χ3v) is 9.04. The molecule has 0 radical (unpaired) electrons. The van der Waals surface area contributed by atoms with Gasteiger partial charge in [0.2, 0.25) is 0 Å². The Bertz CT molecular complexity index is 1690. The van der Waals surface area contributed by atoms with Crippen LogP contribution >= 0.6 is 0 Å². The molecule has 1 aromatic carbocycles. The number of nitrogens with one attached hydrogen (secondary N) is 2. The number of fused-ring (bicyclic) bond motifs is 4. The van der Waals surface area contributed by atoms with Crippen LogP contribution in [0.3, 0.4) is 0 Å². The van der Waals surface area contributed by atoms with Gasteiger partial charge in [0.1, 0.15) is 11.6 Å². The lowest BCUT2D eigenvalue weighted by atomic mass is 9.79. The van der Waals surface area contributed by atoms with Crippen molar-refractivity contribution in [1.82, 2.24) is 19.9 Å². The Balaban J connectivity index is 1.18. The monoisotopic (exact) mass is 568 g/mol. The number of hydrogen-bond donors (Lipinski definition) is 3. The summed E-state index contributed by atoms with van der Waals surface area (Å²) in [5.41, 5.74) is 2.41. The van der Waals surface area contributed by atoms with E-state index >= 15 is 4.39 Å². The van der Waals surface area contributed by atoms with Gasteiger partial charge in [-0.3, -0.25) is 9.59 Å². The molecule has 3 aromatic heterocycles. The number of aromatic nitrogens is 3. The number of H-pyrrole nitrogens is 1. The molecule has 10 heteroatoms. The zero-order valence-corrected chi connectivity index (χ0v) is 23.2. The minimum atomic E-state index is -0.542. The highest BCUT2D eigenvalue weighted by Crippen LogP contribution is 2.36. The molecule has 4 aliphatic rings. The summed E-state index contributed by atoms with van der Waals surface area (Å²) in [6.07, 6.45) is 8.83. The minimum absolute atomic E-state index is 0.120. The van der Waals surface area contributed by atoms with E-state index in [4.69, 9.17) is 0 Å². The van der Waals surface area contributed by atoms with Gasteiger partial charge in [0.25, 0.3) is 11.5 Å². The van der Waals surface area contributed by atoms with E-state index in [2.05, 4.69) is 25.2 Å². The first-order valence-corrected chi connectivity index (χ1v) is 14.7. The third-order valence-electron chi connectivity index (χ3n) is 9.04. The van der Waals surface area contributed by atoms with Gasteiger partial charge in [0, 0.05) is 43.0 Å². The first-order valence-electron chi connectivity index (χ1n) is 14.7. The maximum Gasteiger partial charge on any atom is 0.259 e. The van der Waals surface area contributed by atoms with Crippen LogP contribution in [0.2, 0.25) is 0 Å². The molecule has 4 fully saturated rings. The Morgan fingerprint density at radius 2 is 1.83 bits per heavy atom. The molecule has 3 aliphatic heterocycles. The molecule has 1 amide bonds. The van der Waals surface area contributed by atoms with Crippen LogP contribution in [0.4, 0.5) is 21.6 Å². The lowest BCUT2D eigenvalue weighted by molar-refractivity contribution is 0.0333. The van der Waals surface area contributed by atoms with Crippen LogP contribution in [0.15, 0.2) is 59.7 Å². The third kappa shape index (κ3) is 5.00. The van der Waals surface area contributed by atoms with Gasteiger partial charge in [-0.05, 0) is 86.9 Å². The molecule has 1 aliphatic carbocycles. The summed E-state index contributed by atoms with van der Waals surface area (Å²) in [5, 5.41) is 13.4. The van der Waals surface area contributed by atoms with Crippen molar-refractivity contribution in [3.05, 3.63) is 76.6 Å². The number of carbonyl (C=O) groups is 1. The molecule has 1 saturated carbocycles. The van der Waals surface area contributed by atoms with Crippen molar-refractivity contribution in [3.8, 4) is 11.3 Å². The largest absolute Gasteiger partial charge is 0.393 e. The Labute approximate surface area is 242 Å². The summed E-state index contributed by atoms with van der Waals surface area (Å²) in [6.45, 7) is 2.27. The molecule has 42 heavy (non-hydrogen) atoms. The Morgan fingerprint density at radius 3 is 2.52 bits per heavy atom. The molecule has 0 unspecified atom stereocenters. The Morgan fingerprint density at radius 1 is 1.02 bits per heavy atom. The van der Waals surface area contributed by atoms with Gasteiger partial charge in [-0.1, -0.05) is 0 Å². The highest BCUT2D eigenvalue weighted by atomic mass is 19.1. The highest BCUT2D eigenvalue weighted by Gasteiger charge is 2.36. The SMILES string of the molecule is O=C(c1ccc(-c2cc(Nc3ccc(N4CCC(O)CC4)cn3)c3c(=O)[nH]ccc3n2)c(F)c1)N1CC2CCC1CC2. The molecule has 6 heterocycles. The maximum absolute atomic E-state index is 15.6. The van der Waals surface area contributed by atoms with Gasteiger partial charge in [0.05, 0.1) is 40.3 Å².